The normalized spacial score (nSPS) is 13.2. The fraction of sp³-hybridized carbons (Fsp3) is 0.923. The molecule has 0 amide bonds. The molecule has 0 radical (unpaired) electrons. The third kappa shape index (κ3) is 21.5. The molecule has 1 N–H and O–H groups in total. The van der Waals surface area contributed by atoms with E-state index in [0.717, 1.165) is 0 Å². The molecular weight excluding hydrogens is 496 g/mol. The predicted octanol–water partition coefficient (Wildman–Crippen LogP) is 13.7. The van der Waals surface area contributed by atoms with E-state index in [4.69, 9.17) is 0 Å². The Morgan fingerprint density at radius 1 is 0.463 bits per heavy atom. The second-order valence-corrected chi connectivity index (χ2v) is 13.6. The summed E-state index contributed by atoms with van der Waals surface area (Å²) in [5, 5.41) is 0. The van der Waals surface area contributed by atoms with Gasteiger partial charge in [0.1, 0.15) is 12.4 Å². The van der Waals surface area contributed by atoms with E-state index in [-0.39, 0.29) is 0 Å². The lowest BCUT2D eigenvalue weighted by atomic mass is 9.92. The molecule has 2 nitrogen and oxygen atoms in total. The van der Waals surface area contributed by atoms with Crippen molar-refractivity contribution in [1.82, 2.24) is 4.98 Å². The van der Waals surface area contributed by atoms with E-state index in [0.29, 0.717) is 12.0 Å². The van der Waals surface area contributed by atoms with Crippen LogP contribution in [0.5, 0.6) is 0 Å². The second kappa shape index (κ2) is 29.3. The number of nitrogens with one attached hydrogen (secondary N) is 1. The molecule has 0 bridgehead atoms. The van der Waals surface area contributed by atoms with E-state index >= 15 is 0 Å². The van der Waals surface area contributed by atoms with Crippen LogP contribution >= 0.6 is 0 Å². The number of rotatable bonds is 32. The topological polar surface area (TPSA) is 19.7 Å². The van der Waals surface area contributed by atoms with E-state index in [1.807, 2.05) is 0 Å². The Morgan fingerprint density at radius 3 is 1.15 bits per heavy atom. The van der Waals surface area contributed by atoms with E-state index in [2.05, 4.69) is 49.6 Å². The maximum Gasteiger partial charge on any atom is 0.257 e. The highest BCUT2D eigenvalue weighted by atomic mass is 15.1. The van der Waals surface area contributed by atoms with Gasteiger partial charge in [-0.15, -0.1) is 0 Å². The molecular formula is C39H77N2+. The molecule has 0 saturated carbocycles. The third-order valence-corrected chi connectivity index (χ3v) is 9.64. The molecule has 1 heterocycles. The van der Waals surface area contributed by atoms with Crippen LogP contribution in [0.15, 0.2) is 12.4 Å². The van der Waals surface area contributed by atoms with Gasteiger partial charge in [0, 0.05) is 0 Å². The van der Waals surface area contributed by atoms with Crippen LogP contribution in [0.2, 0.25) is 0 Å². The van der Waals surface area contributed by atoms with Gasteiger partial charge in [-0.25, -0.2) is 9.55 Å². The van der Waals surface area contributed by atoms with Crippen molar-refractivity contribution >= 4 is 0 Å². The average Bonchev–Trinajstić information content (AvgIpc) is 3.47. The highest BCUT2D eigenvalue weighted by molar-refractivity contribution is 4.90. The summed E-state index contributed by atoms with van der Waals surface area (Å²) in [5.74, 6) is 2.25. The number of imidazole rings is 1. The van der Waals surface area contributed by atoms with E-state index in [1.54, 1.807) is 0 Å². The first-order valence-corrected chi connectivity index (χ1v) is 19.3. The Balaban J connectivity index is 2.44. The van der Waals surface area contributed by atoms with Gasteiger partial charge in [0.2, 0.25) is 0 Å². The van der Waals surface area contributed by atoms with Crippen LogP contribution in [0, 0.1) is 0 Å². The van der Waals surface area contributed by atoms with Crippen molar-refractivity contribution in [3.8, 4) is 0 Å². The molecule has 41 heavy (non-hydrogen) atoms. The van der Waals surface area contributed by atoms with Gasteiger partial charge in [0.25, 0.3) is 5.82 Å². The lowest BCUT2D eigenvalue weighted by Gasteiger charge is -2.17. The SMILES string of the molecule is CCCCCCCCCCCCC(CCCCCCCCCC)c1[nH]cc[n+]1C(C)CCCCCCCCCCC. The van der Waals surface area contributed by atoms with Gasteiger partial charge in [-0.2, -0.15) is 0 Å². The van der Waals surface area contributed by atoms with Crippen molar-refractivity contribution in [2.24, 2.45) is 0 Å². The number of hydrogen-bond acceptors (Lipinski definition) is 0. The standard InChI is InChI=1S/C39H76N2/c1-5-8-11-14-17-20-22-25-28-31-34-38(33-30-27-24-19-16-13-10-7-3)39-40-35-36-41(39)37(4)32-29-26-23-21-18-15-12-9-6-2/h35-38H,5-34H2,1-4H3/p+1. The fourth-order valence-electron chi connectivity index (χ4n) is 6.78. The van der Waals surface area contributed by atoms with Gasteiger partial charge in [-0.1, -0.05) is 188 Å². The van der Waals surface area contributed by atoms with E-state index in [1.165, 1.54) is 198 Å². The second-order valence-electron chi connectivity index (χ2n) is 13.6. The zero-order chi connectivity index (χ0) is 29.6. The van der Waals surface area contributed by atoms with Gasteiger partial charge in [-0.3, -0.25) is 0 Å². The number of aromatic amines is 1. The molecule has 2 heteroatoms. The summed E-state index contributed by atoms with van der Waals surface area (Å²) in [7, 11) is 0. The van der Waals surface area contributed by atoms with Gasteiger partial charge in [0.05, 0.1) is 12.0 Å². The van der Waals surface area contributed by atoms with E-state index < -0.39 is 0 Å². The summed E-state index contributed by atoms with van der Waals surface area (Å²) < 4.78 is 2.64. The molecule has 1 aromatic rings. The first-order valence-electron chi connectivity index (χ1n) is 19.3. The van der Waals surface area contributed by atoms with Crippen LogP contribution < -0.4 is 4.57 Å². The minimum absolute atomic E-state index is 0.620. The molecule has 0 saturated heterocycles. The van der Waals surface area contributed by atoms with Gasteiger partial charge in [-0.05, 0) is 32.6 Å². The van der Waals surface area contributed by atoms with Crippen molar-refractivity contribution in [3.63, 3.8) is 0 Å². The molecule has 2 unspecified atom stereocenters. The first-order chi connectivity index (χ1) is 20.2. The molecule has 0 aromatic carbocycles. The monoisotopic (exact) mass is 574 g/mol. The Morgan fingerprint density at radius 2 is 0.780 bits per heavy atom. The molecule has 1 rings (SSSR count). The van der Waals surface area contributed by atoms with Crippen LogP contribution in [0.4, 0.5) is 0 Å². The van der Waals surface area contributed by atoms with Crippen LogP contribution in [0.25, 0.3) is 0 Å². The van der Waals surface area contributed by atoms with Crippen molar-refractivity contribution < 1.29 is 4.57 Å². The maximum absolute atomic E-state index is 3.75. The fourth-order valence-corrected chi connectivity index (χ4v) is 6.78. The van der Waals surface area contributed by atoms with Crippen LogP contribution in [0.3, 0.4) is 0 Å². The largest absolute Gasteiger partial charge is 0.257 e. The molecule has 242 valence electrons. The molecule has 0 aliphatic carbocycles. The number of nitrogens with zero attached hydrogens (tertiary/aromatic N) is 1. The summed E-state index contributed by atoms with van der Waals surface area (Å²) in [6.45, 7) is 9.41. The number of H-pyrrole nitrogens is 1. The molecule has 0 aliphatic rings. The summed E-state index contributed by atoms with van der Waals surface area (Å²) in [6.07, 6.45) is 47.2. The van der Waals surface area contributed by atoms with Crippen LogP contribution in [0.1, 0.15) is 238 Å². The van der Waals surface area contributed by atoms with Gasteiger partial charge < -0.3 is 0 Å². The lowest BCUT2D eigenvalue weighted by Crippen LogP contribution is -2.41. The Hall–Kier alpha value is -0.790. The number of aromatic nitrogens is 2. The summed E-state index contributed by atoms with van der Waals surface area (Å²) in [6, 6.07) is 0.620. The van der Waals surface area contributed by atoms with Crippen molar-refractivity contribution in [1.29, 1.82) is 0 Å². The lowest BCUT2D eigenvalue weighted by molar-refractivity contribution is -0.727. The zero-order valence-corrected chi connectivity index (χ0v) is 29.0. The summed E-state index contributed by atoms with van der Waals surface area (Å²) in [5.41, 5.74) is 0. The summed E-state index contributed by atoms with van der Waals surface area (Å²) >= 11 is 0. The predicted molar refractivity (Wildman–Crippen MR) is 184 cm³/mol. The third-order valence-electron chi connectivity index (χ3n) is 9.64. The van der Waals surface area contributed by atoms with E-state index in [9.17, 15) is 0 Å². The Bertz CT molecular complexity index is 635. The first kappa shape index (κ1) is 38.2. The minimum atomic E-state index is 0.620. The molecule has 1 aromatic heterocycles. The Kier molecular flexibility index (Phi) is 27.3. The molecule has 2 atom stereocenters. The molecule has 0 aliphatic heterocycles. The maximum atomic E-state index is 3.75. The van der Waals surface area contributed by atoms with Crippen LogP contribution in [-0.4, -0.2) is 4.98 Å². The van der Waals surface area contributed by atoms with Gasteiger partial charge >= 0.3 is 0 Å². The molecule has 0 spiro atoms. The summed E-state index contributed by atoms with van der Waals surface area (Å²) in [4.78, 5) is 3.75. The minimum Gasteiger partial charge on any atom is -0.247 e. The average molecular weight is 574 g/mol. The van der Waals surface area contributed by atoms with Crippen LogP contribution in [-0.2, 0) is 0 Å². The zero-order valence-electron chi connectivity index (χ0n) is 29.0. The van der Waals surface area contributed by atoms with Crippen molar-refractivity contribution in [2.75, 3.05) is 0 Å². The number of hydrogen-bond donors (Lipinski definition) is 1. The quantitative estimate of drug-likeness (QED) is 0.0653. The van der Waals surface area contributed by atoms with Crippen molar-refractivity contribution in [2.45, 2.75) is 232 Å². The molecule has 0 fully saturated rings. The Labute approximate surface area is 259 Å². The van der Waals surface area contributed by atoms with Gasteiger partial charge in [0.15, 0.2) is 0 Å². The van der Waals surface area contributed by atoms with Crippen molar-refractivity contribution in [3.05, 3.63) is 18.2 Å². The highest BCUT2D eigenvalue weighted by Crippen LogP contribution is 2.27. The number of unbranched alkanes of at least 4 members (excludes halogenated alkanes) is 24. The highest BCUT2D eigenvalue weighted by Gasteiger charge is 2.25. The smallest absolute Gasteiger partial charge is 0.247 e.